The number of nitrogens with one attached hydrogen (secondary N) is 2. The van der Waals surface area contributed by atoms with Gasteiger partial charge in [0, 0.05) is 18.8 Å². The number of urea groups is 1. The number of terminal acetylenes is 1. The third-order valence-corrected chi connectivity index (χ3v) is 2.67. The number of carbonyl (C=O) groups excluding carboxylic acids is 1. The molecule has 5 nitrogen and oxygen atoms in total. The number of carbonyl (C=O) groups is 1. The summed E-state index contributed by atoms with van der Waals surface area (Å²) in [5.74, 6) is 3.28. The smallest absolute Gasteiger partial charge is 0.319 e. The molecule has 0 aliphatic heterocycles. The van der Waals surface area contributed by atoms with Crippen molar-refractivity contribution in [2.75, 3.05) is 25.1 Å². The van der Waals surface area contributed by atoms with Crippen molar-refractivity contribution in [1.29, 1.82) is 0 Å². The van der Waals surface area contributed by atoms with E-state index in [1.807, 2.05) is 6.92 Å². The van der Waals surface area contributed by atoms with Gasteiger partial charge >= 0.3 is 6.03 Å². The van der Waals surface area contributed by atoms with Crippen LogP contribution in [0, 0.1) is 18.3 Å². The summed E-state index contributed by atoms with van der Waals surface area (Å²) in [6.45, 7) is 2.84. The van der Waals surface area contributed by atoms with Gasteiger partial charge in [-0.3, -0.25) is 0 Å². The minimum Gasteiger partial charge on any atom is -0.481 e. The standard InChI is InChI=1S/C15H20N2O3/c1-3-10-20-14-6-4-13(5-7-14)17-15(19)16-11-12(2)8-9-18/h1,4-7,12,18H,8-11H2,2H3,(H2,16,17,19). The summed E-state index contributed by atoms with van der Waals surface area (Å²) in [4.78, 5) is 11.6. The first-order valence-corrected chi connectivity index (χ1v) is 6.47. The fourth-order valence-corrected chi connectivity index (χ4v) is 1.52. The van der Waals surface area contributed by atoms with Gasteiger partial charge in [0.1, 0.15) is 12.4 Å². The Kier molecular flexibility index (Phi) is 7.01. The van der Waals surface area contributed by atoms with Crippen LogP contribution in [0.1, 0.15) is 13.3 Å². The monoisotopic (exact) mass is 276 g/mol. The van der Waals surface area contributed by atoms with Crippen molar-refractivity contribution in [2.45, 2.75) is 13.3 Å². The second-order valence-corrected chi connectivity index (χ2v) is 4.47. The van der Waals surface area contributed by atoms with E-state index < -0.39 is 0 Å². The Labute approximate surface area is 119 Å². The van der Waals surface area contributed by atoms with Gasteiger partial charge in [-0.05, 0) is 36.6 Å². The van der Waals surface area contributed by atoms with Crippen LogP contribution in [-0.4, -0.2) is 30.9 Å². The molecule has 0 aliphatic carbocycles. The zero-order valence-corrected chi connectivity index (χ0v) is 11.6. The molecule has 1 rings (SSSR count). The molecular weight excluding hydrogens is 256 g/mol. The van der Waals surface area contributed by atoms with Crippen LogP contribution in [0.2, 0.25) is 0 Å². The number of hydrogen-bond acceptors (Lipinski definition) is 3. The van der Waals surface area contributed by atoms with Crippen LogP contribution in [-0.2, 0) is 0 Å². The lowest BCUT2D eigenvalue weighted by molar-refractivity contribution is 0.243. The highest BCUT2D eigenvalue weighted by Gasteiger charge is 2.05. The number of aliphatic hydroxyl groups is 1. The molecule has 1 atom stereocenters. The number of benzene rings is 1. The van der Waals surface area contributed by atoms with Gasteiger partial charge in [-0.2, -0.15) is 0 Å². The average Bonchev–Trinajstić information content (AvgIpc) is 2.45. The van der Waals surface area contributed by atoms with E-state index in [4.69, 9.17) is 16.3 Å². The summed E-state index contributed by atoms with van der Waals surface area (Å²) in [6.07, 6.45) is 5.76. The van der Waals surface area contributed by atoms with E-state index in [9.17, 15) is 4.79 Å². The molecule has 5 heteroatoms. The molecule has 0 spiro atoms. The van der Waals surface area contributed by atoms with Crippen LogP contribution in [0.25, 0.3) is 0 Å². The maximum atomic E-state index is 11.6. The predicted octanol–water partition coefficient (Wildman–Crippen LogP) is 1.84. The molecule has 20 heavy (non-hydrogen) atoms. The average molecular weight is 276 g/mol. The molecule has 0 saturated carbocycles. The van der Waals surface area contributed by atoms with E-state index in [2.05, 4.69) is 16.6 Å². The van der Waals surface area contributed by atoms with E-state index in [1.54, 1.807) is 24.3 Å². The first-order chi connectivity index (χ1) is 9.65. The van der Waals surface area contributed by atoms with Crippen molar-refractivity contribution in [3.8, 4) is 18.1 Å². The van der Waals surface area contributed by atoms with E-state index in [-0.39, 0.29) is 25.2 Å². The van der Waals surface area contributed by atoms with Crippen molar-refractivity contribution in [3.63, 3.8) is 0 Å². The van der Waals surface area contributed by atoms with Crippen LogP contribution >= 0.6 is 0 Å². The second-order valence-electron chi connectivity index (χ2n) is 4.47. The minimum atomic E-state index is -0.271. The molecule has 0 bridgehead atoms. The lowest BCUT2D eigenvalue weighted by Crippen LogP contribution is -2.32. The fourth-order valence-electron chi connectivity index (χ4n) is 1.52. The molecule has 0 radical (unpaired) electrons. The molecule has 1 aromatic carbocycles. The molecule has 2 amide bonds. The maximum Gasteiger partial charge on any atom is 0.319 e. The number of hydrogen-bond donors (Lipinski definition) is 3. The van der Waals surface area contributed by atoms with Crippen molar-refractivity contribution in [1.82, 2.24) is 5.32 Å². The van der Waals surface area contributed by atoms with Gasteiger partial charge in [0.15, 0.2) is 0 Å². The molecule has 0 aromatic heterocycles. The third kappa shape index (κ3) is 6.12. The van der Waals surface area contributed by atoms with Gasteiger partial charge in [0.2, 0.25) is 0 Å². The Hall–Kier alpha value is -2.19. The topological polar surface area (TPSA) is 70.6 Å². The number of amides is 2. The molecule has 108 valence electrons. The highest BCUT2D eigenvalue weighted by molar-refractivity contribution is 5.89. The largest absolute Gasteiger partial charge is 0.481 e. The molecule has 0 fully saturated rings. The maximum absolute atomic E-state index is 11.6. The Morgan fingerprint density at radius 3 is 2.75 bits per heavy atom. The summed E-state index contributed by atoms with van der Waals surface area (Å²) in [5, 5.41) is 14.2. The minimum absolute atomic E-state index is 0.129. The van der Waals surface area contributed by atoms with Crippen LogP contribution in [0.5, 0.6) is 5.75 Å². The van der Waals surface area contributed by atoms with Gasteiger partial charge in [-0.15, -0.1) is 6.42 Å². The summed E-state index contributed by atoms with van der Waals surface area (Å²) in [7, 11) is 0. The molecule has 0 saturated heterocycles. The van der Waals surface area contributed by atoms with E-state index in [1.165, 1.54) is 0 Å². The lowest BCUT2D eigenvalue weighted by Gasteiger charge is -2.12. The van der Waals surface area contributed by atoms with Crippen molar-refractivity contribution < 1.29 is 14.6 Å². The molecule has 0 aliphatic rings. The van der Waals surface area contributed by atoms with E-state index in [0.29, 0.717) is 24.4 Å². The Morgan fingerprint density at radius 1 is 1.45 bits per heavy atom. The van der Waals surface area contributed by atoms with Crippen LogP contribution in [0.4, 0.5) is 10.5 Å². The van der Waals surface area contributed by atoms with Crippen LogP contribution < -0.4 is 15.4 Å². The van der Waals surface area contributed by atoms with Crippen LogP contribution in [0.15, 0.2) is 24.3 Å². The van der Waals surface area contributed by atoms with Gasteiger partial charge in [-0.25, -0.2) is 4.79 Å². The van der Waals surface area contributed by atoms with Gasteiger partial charge in [-0.1, -0.05) is 12.8 Å². The Balaban J connectivity index is 2.36. The summed E-state index contributed by atoms with van der Waals surface area (Å²) < 4.78 is 5.23. The van der Waals surface area contributed by atoms with Crippen molar-refractivity contribution in [3.05, 3.63) is 24.3 Å². The SMILES string of the molecule is C#CCOc1ccc(NC(=O)NCC(C)CCO)cc1. The lowest BCUT2D eigenvalue weighted by atomic mass is 10.1. The fraction of sp³-hybridized carbons (Fsp3) is 0.400. The van der Waals surface area contributed by atoms with Gasteiger partial charge in [0.05, 0.1) is 0 Å². The van der Waals surface area contributed by atoms with E-state index in [0.717, 1.165) is 0 Å². The third-order valence-electron chi connectivity index (χ3n) is 2.67. The molecule has 1 unspecified atom stereocenters. The summed E-state index contributed by atoms with van der Waals surface area (Å²) in [5.41, 5.74) is 0.672. The number of aliphatic hydroxyl groups excluding tert-OH is 1. The Bertz CT molecular complexity index is 451. The summed E-state index contributed by atoms with van der Waals surface area (Å²) >= 11 is 0. The first-order valence-electron chi connectivity index (χ1n) is 6.47. The number of anilines is 1. The molecule has 1 aromatic rings. The highest BCUT2D eigenvalue weighted by Crippen LogP contribution is 2.15. The molecular formula is C15H20N2O3. The zero-order chi connectivity index (χ0) is 14.8. The quantitative estimate of drug-likeness (QED) is 0.665. The number of rotatable bonds is 7. The van der Waals surface area contributed by atoms with Crippen molar-refractivity contribution in [2.24, 2.45) is 5.92 Å². The zero-order valence-electron chi connectivity index (χ0n) is 11.6. The normalized spacial score (nSPS) is 11.2. The second kappa shape index (κ2) is 8.83. The molecule has 3 N–H and O–H groups in total. The highest BCUT2D eigenvalue weighted by atomic mass is 16.5. The van der Waals surface area contributed by atoms with Gasteiger partial charge in [0.25, 0.3) is 0 Å². The van der Waals surface area contributed by atoms with E-state index >= 15 is 0 Å². The Morgan fingerprint density at radius 2 is 2.15 bits per heavy atom. The first kappa shape index (κ1) is 15.9. The predicted molar refractivity (Wildman–Crippen MR) is 78.7 cm³/mol. The van der Waals surface area contributed by atoms with Crippen molar-refractivity contribution >= 4 is 11.7 Å². The number of ether oxygens (including phenoxy) is 1. The summed E-state index contributed by atoms with van der Waals surface area (Å²) in [6, 6.07) is 6.68. The molecule has 0 heterocycles. The van der Waals surface area contributed by atoms with Gasteiger partial charge < -0.3 is 20.5 Å². The van der Waals surface area contributed by atoms with Crippen LogP contribution in [0.3, 0.4) is 0 Å².